The molecule has 1 aromatic rings. The first-order valence-electron chi connectivity index (χ1n) is 5.90. The lowest BCUT2D eigenvalue weighted by molar-refractivity contribution is 0.131. The zero-order valence-electron chi connectivity index (χ0n) is 10.6. The second-order valence-corrected chi connectivity index (χ2v) is 5.88. The van der Waals surface area contributed by atoms with Gasteiger partial charge in [0.1, 0.15) is 11.4 Å². The third-order valence-corrected chi connectivity index (χ3v) is 3.18. The topological polar surface area (TPSA) is 35.2 Å². The fraction of sp³-hybridized carbons (Fsp3) is 0.571. The monoisotopic (exact) mass is 219 g/mol. The molecule has 16 heavy (non-hydrogen) atoms. The van der Waals surface area contributed by atoms with Crippen LogP contribution in [0.15, 0.2) is 24.3 Å². The summed E-state index contributed by atoms with van der Waals surface area (Å²) in [6, 6.07) is 8.20. The number of rotatable bonds is 2. The van der Waals surface area contributed by atoms with Crippen LogP contribution in [-0.4, -0.2) is 5.60 Å². The molecule has 0 spiro atoms. The fourth-order valence-electron chi connectivity index (χ4n) is 2.04. The van der Waals surface area contributed by atoms with E-state index in [-0.39, 0.29) is 11.1 Å². The van der Waals surface area contributed by atoms with Crippen LogP contribution in [0.25, 0.3) is 0 Å². The number of benzene rings is 1. The number of ether oxygens (including phenoxy) is 1. The van der Waals surface area contributed by atoms with Crippen LogP contribution in [0.3, 0.4) is 0 Å². The first-order chi connectivity index (χ1) is 7.31. The summed E-state index contributed by atoms with van der Waals surface area (Å²) >= 11 is 0. The molecule has 1 aliphatic rings. The Labute approximate surface area is 97.8 Å². The molecule has 0 amide bonds. The lowest BCUT2D eigenvalue weighted by atomic mass is 10.0. The lowest BCUT2D eigenvalue weighted by Gasteiger charge is -2.21. The van der Waals surface area contributed by atoms with Crippen LogP contribution >= 0.6 is 0 Å². The van der Waals surface area contributed by atoms with Crippen molar-refractivity contribution in [3.63, 3.8) is 0 Å². The molecule has 0 heterocycles. The number of hydrogen-bond donors (Lipinski definition) is 1. The van der Waals surface area contributed by atoms with E-state index in [9.17, 15) is 0 Å². The predicted molar refractivity (Wildman–Crippen MR) is 66.5 cm³/mol. The second kappa shape index (κ2) is 3.49. The Morgan fingerprint density at radius 3 is 2.12 bits per heavy atom. The first kappa shape index (κ1) is 11.5. The van der Waals surface area contributed by atoms with Gasteiger partial charge in [0.15, 0.2) is 0 Å². The summed E-state index contributed by atoms with van der Waals surface area (Å²) in [5.74, 6) is 1.51. The van der Waals surface area contributed by atoms with Gasteiger partial charge in [-0.3, -0.25) is 0 Å². The van der Waals surface area contributed by atoms with Crippen molar-refractivity contribution in [3.8, 4) is 5.75 Å². The second-order valence-electron chi connectivity index (χ2n) is 5.88. The Morgan fingerprint density at radius 2 is 1.75 bits per heavy atom. The minimum Gasteiger partial charge on any atom is -0.488 e. The molecule has 2 unspecified atom stereocenters. The molecule has 1 fully saturated rings. The Balaban J connectivity index is 2.12. The van der Waals surface area contributed by atoms with Crippen molar-refractivity contribution in [2.75, 3.05) is 0 Å². The molecule has 0 aromatic heterocycles. The lowest BCUT2D eigenvalue weighted by Crippen LogP contribution is -2.23. The fourth-order valence-corrected chi connectivity index (χ4v) is 2.04. The summed E-state index contributed by atoms with van der Waals surface area (Å²) in [6.07, 6.45) is 1.09. The molecule has 2 atom stereocenters. The van der Waals surface area contributed by atoms with Gasteiger partial charge in [0.25, 0.3) is 0 Å². The maximum absolute atomic E-state index is 6.25. The van der Waals surface area contributed by atoms with E-state index < -0.39 is 0 Å². The van der Waals surface area contributed by atoms with Crippen LogP contribution in [-0.2, 0) is 5.54 Å². The van der Waals surface area contributed by atoms with Gasteiger partial charge in [0, 0.05) is 5.54 Å². The summed E-state index contributed by atoms with van der Waals surface area (Å²) < 4.78 is 5.78. The van der Waals surface area contributed by atoms with Crippen LogP contribution in [0.4, 0.5) is 0 Å². The Bertz CT molecular complexity index is 377. The molecule has 1 saturated carbocycles. The number of nitrogens with two attached hydrogens (primary N) is 1. The summed E-state index contributed by atoms with van der Waals surface area (Å²) in [6.45, 7) is 8.34. The highest BCUT2D eigenvalue weighted by atomic mass is 16.5. The van der Waals surface area contributed by atoms with Crippen LogP contribution < -0.4 is 10.5 Å². The minimum atomic E-state index is -0.144. The molecule has 1 aromatic carbocycles. The molecular weight excluding hydrogens is 198 g/mol. The molecule has 0 saturated heterocycles. The van der Waals surface area contributed by atoms with Crippen molar-refractivity contribution in [2.24, 2.45) is 11.7 Å². The van der Waals surface area contributed by atoms with Crippen LogP contribution in [0.2, 0.25) is 0 Å². The third-order valence-electron chi connectivity index (χ3n) is 3.18. The summed E-state index contributed by atoms with van der Waals surface area (Å²) in [7, 11) is 0. The first-order valence-corrected chi connectivity index (χ1v) is 5.90. The minimum absolute atomic E-state index is 0.0831. The van der Waals surface area contributed by atoms with Crippen LogP contribution in [0.5, 0.6) is 5.75 Å². The van der Waals surface area contributed by atoms with E-state index in [1.165, 1.54) is 5.56 Å². The van der Waals surface area contributed by atoms with Crippen molar-refractivity contribution >= 4 is 0 Å². The highest BCUT2D eigenvalue weighted by Crippen LogP contribution is 2.49. The average molecular weight is 219 g/mol. The predicted octanol–water partition coefficient (Wildman–Crippen LogP) is 3.06. The molecule has 88 valence electrons. The van der Waals surface area contributed by atoms with Crippen molar-refractivity contribution < 1.29 is 4.74 Å². The molecule has 2 nitrogen and oxygen atoms in total. The zero-order valence-corrected chi connectivity index (χ0v) is 10.6. The van der Waals surface area contributed by atoms with Crippen molar-refractivity contribution in [1.82, 2.24) is 0 Å². The van der Waals surface area contributed by atoms with E-state index in [1.54, 1.807) is 0 Å². The summed E-state index contributed by atoms with van der Waals surface area (Å²) in [5.41, 5.74) is 7.24. The maximum atomic E-state index is 6.25. The highest BCUT2D eigenvalue weighted by molar-refractivity contribution is 5.36. The van der Waals surface area contributed by atoms with Gasteiger partial charge in [0.2, 0.25) is 0 Å². The highest BCUT2D eigenvalue weighted by Gasteiger charge is 2.48. The van der Waals surface area contributed by atoms with E-state index in [4.69, 9.17) is 10.5 Å². The smallest absolute Gasteiger partial charge is 0.120 e. The quantitative estimate of drug-likeness (QED) is 0.829. The molecule has 0 bridgehead atoms. The van der Waals surface area contributed by atoms with E-state index in [1.807, 2.05) is 32.9 Å². The van der Waals surface area contributed by atoms with E-state index in [2.05, 4.69) is 19.1 Å². The normalized spacial score (nSPS) is 28.9. The van der Waals surface area contributed by atoms with Gasteiger partial charge in [0.05, 0.1) is 0 Å². The van der Waals surface area contributed by atoms with Gasteiger partial charge in [-0.25, -0.2) is 0 Å². The SMILES string of the molecule is CC1CC1(N)c1ccc(OC(C)(C)C)cc1. The van der Waals surface area contributed by atoms with Crippen molar-refractivity contribution in [1.29, 1.82) is 0 Å². The Hall–Kier alpha value is -1.02. The molecule has 2 N–H and O–H groups in total. The molecule has 0 aliphatic heterocycles. The summed E-state index contributed by atoms with van der Waals surface area (Å²) in [5, 5.41) is 0. The molecule has 2 rings (SSSR count). The van der Waals surface area contributed by atoms with Gasteiger partial charge in [-0.15, -0.1) is 0 Å². The summed E-state index contributed by atoms with van der Waals surface area (Å²) in [4.78, 5) is 0. The Kier molecular flexibility index (Phi) is 2.50. The maximum Gasteiger partial charge on any atom is 0.120 e. The van der Waals surface area contributed by atoms with E-state index in [0.717, 1.165) is 12.2 Å². The van der Waals surface area contributed by atoms with E-state index >= 15 is 0 Å². The standard InChI is InChI=1S/C14H21NO/c1-10-9-14(10,15)11-5-7-12(8-6-11)16-13(2,3)4/h5-8,10H,9,15H2,1-4H3. The number of hydrogen-bond acceptors (Lipinski definition) is 2. The van der Waals surface area contributed by atoms with Crippen molar-refractivity contribution in [2.45, 2.75) is 45.3 Å². The van der Waals surface area contributed by atoms with Gasteiger partial charge in [-0.05, 0) is 50.8 Å². The largest absolute Gasteiger partial charge is 0.488 e. The van der Waals surface area contributed by atoms with Crippen LogP contribution in [0.1, 0.15) is 39.7 Å². The molecule has 1 aliphatic carbocycles. The van der Waals surface area contributed by atoms with Gasteiger partial charge in [-0.2, -0.15) is 0 Å². The molecule has 2 heteroatoms. The van der Waals surface area contributed by atoms with Gasteiger partial charge >= 0.3 is 0 Å². The van der Waals surface area contributed by atoms with Crippen molar-refractivity contribution in [3.05, 3.63) is 29.8 Å². The van der Waals surface area contributed by atoms with Gasteiger partial charge < -0.3 is 10.5 Å². The van der Waals surface area contributed by atoms with Gasteiger partial charge in [-0.1, -0.05) is 19.1 Å². The average Bonchev–Trinajstić information content (AvgIpc) is 2.74. The molecular formula is C14H21NO. The Morgan fingerprint density at radius 1 is 1.25 bits per heavy atom. The zero-order chi connectivity index (χ0) is 12.0. The third kappa shape index (κ3) is 2.22. The van der Waals surface area contributed by atoms with E-state index in [0.29, 0.717) is 5.92 Å². The van der Waals surface area contributed by atoms with Crippen LogP contribution in [0, 0.1) is 5.92 Å². The molecule has 0 radical (unpaired) electrons.